The van der Waals surface area contributed by atoms with E-state index >= 15 is 0 Å². The van der Waals surface area contributed by atoms with Gasteiger partial charge in [-0.05, 0) is 35.9 Å². The van der Waals surface area contributed by atoms with Crippen LogP contribution in [0.5, 0.6) is 17.2 Å². The molecule has 29 heavy (non-hydrogen) atoms. The topological polar surface area (TPSA) is 51.2 Å². The van der Waals surface area contributed by atoms with E-state index in [2.05, 4.69) is 9.64 Å². The van der Waals surface area contributed by atoms with Crippen molar-refractivity contribution in [3.63, 3.8) is 0 Å². The second-order valence-electron chi connectivity index (χ2n) is 6.66. The van der Waals surface area contributed by atoms with Gasteiger partial charge in [-0.25, -0.2) is 0 Å². The van der Waals surface area contributed by atoms with Gasteiger partial charge in [-0.3, -0.25) is 9.69 Å². The molecule has 0 N–H and O–H groups in total. The molecule has 1 saturated heterocycles. The molecule has 0 atom stereocenters. The second kappa shape index (κ2) is 9.56. The molecular formula is C21H24F2N2O4. The highest BCUT2D eigenvalue weighted by molar-refractivity contribution is 5.95. The molecule has 0 aromatic heterocycles. The highest BCUT2D eigenvalue weighted by Gasteiger charge is 2.23. The summed E-state index contributed by atoms with van der Waals surface area (Å²) in [5.41, 5.74) is 1.57. The Hall–Kier alpha value is -2.87. The molecule has 1 heterocycles. The molecule has 0 saturated carbocycles. The van der Waals surface area contributed by atoms with Gasteiger partial charge in [-0.2, -0.15) is 8.78 Å². The highest BCUT2D eigenvalue weighted by Crippen LogP contribution is 2.30. The number of rotatable bonds is 7. The first-order valence-corrected chi connectivity index (χ1v) is 9.27. The van der Waals surface area contributed by atoms with Gasteiger partial charge in [-0.15, -0.1) is 0 Å². The molecule has 1 aliphatic heterocycles. The molecular weight excluding hydrogens is 382 g/mol. The van der Waals surface area contributed by atoms with Crippen LogP contribution < -0.4 is 14.2 Å². The van der Waals surface area contributed by atoms with E-state index in [0.29, 0.717) is 18.7 Å². The van der Waals surface area contributed by atoms with Crippen molar-refractivity contribution < 1.29 is 27.8 Å². The highest BCUT2D eigenvalue weighted by atomic mass is 19.3. The second-order valence-corrected chi connectivity index (χ2v) is 6.66. The Morgan fingerprint density at radius 1 is 0.966 bits per heavy atom. The first-order valence-electron chi connectivity index (χ1n) is 9.27. The van der Waals surface area contributed by atoms with Crippen LogP contribution in [0.3, 0.4) is 0 Å². The lowest BCUT2D eigenvalue weighted by Gasteiger charge is -2.35. The Labute approximate surface area is 168 Å². The van der Waals surface area contributed by atoms with Gasteiger partial charge in [0.2, 0.25) is 0 Å². The summed E-state index contributed by atoms with van der Waals surface area (Å²) >= 11 is 0. The molecule has 2 aromatic carbocycles. The number of benzene rings is 2. The molecule has 3 rings (SSSR count). The summed E-state index contributed by atoms with van der Waals surface area (Å²) in [5, 5.41) is 0. The van der Waals surface area contributed by atoms with E-state index in [1.54, 1.807) is 12.0 Å². The van der Waals surface area contributed by atoms with Crippen LogP contribution in [0.15, 0.2) is 42.5 Å². The van der Waals surface area contributed by atoms with Crippen molar-refractivity contribution >= 4 is 5.91 Å². The van der Waals surface area contributed by atoms with Crippen LogP contribution in [-0.2, 0) is 6.54 Å². The van der Waals surface area contributed by atoms with Crippen molar-refractivity contribution in [2.45, 2.75) is 13.2 Å². The van der Waals surface area contributed by atoms with Gasteiger partial charge in [0.15, 0.2) is 11.5 Å². The molecule has 0 unspecified atom stereocenters. The number of methoxy groups -OCH3 is 2. The predicted octanol–water partition coefficient (Wildman–Crippen LogP) is 3.26. The molecule has 1 aliphatic rings. The molecule has 1 amide bonds. The fraction of sp³-hybridized carbons (Fsp3) is 0.381. The number of carbonyl (C=O) groups excluding carboxylic acids is 1. The zero-order chi connectivity index (χ0) is 20.8. The minimum atomic E-state index is -2.95. The van der Waals surface area contributed by atoms with Crippen LogP contribution in [0.1, 0.15) is 15.9 Å². The van der Waals surface area contributed by atoms with Crippen molar-refractivity contribution in [1.29, 1.82) is 0 Å². The maximum atomic E-state index is 12.8. The molecule has 0 spiro atoms. The lowest BCUT2D eigenvalue weighted by molar-refractivity contribution is -0.0512. The Morgan fingerprint density at radius 2 is 1.66 bits per heavy atom. The number of amides is 1. The van der Waals surface area contributed by atoms with Crippen molar-refractivity contribution in [3.05, 3.63) is 53.6 Å². The number of hydrogen-bond acceptors (Lipinski definition) is 5. The first kappa shape index (κ1) is 20.9. The van der Waals surface area contributed by atoms with Crippen molar-refractivity contribution in [1.82, 2.24) is 9.80 Å². The van der Waals surface area contributed by atoms with Crippen LogP contribution in [-0.4, -0.2) is 62.7 Å². The van der Waals surface area contributed by atoms with Gasteiger partial charge in [0.1, 0.15) is 5.75 Å². The minimum Gasteiger partial charge on any atom is -0.497 e. The van der Waals surface area contributed by atoms with E-state index in [0.717, 1.165) is 25.4 Å². The minimum absolute atomic E-state index is 0.0941. The van der Waals surface area contributed by atoms with E-state index in [9.17, 15) is 13.6 Å². The van der Waals surface area contributed by atoms with Crippen LogP contribution in [0.4, 0.5) is 8.78 Å². The summed E-state index contributed by atoms with van der Waals surface area (Å²) in [7, 11) is 2.99. The Morgan fingerprint density at radius 3 is 2.24 bits per heavy atom. The van der Waals surface area contributed by atoms with Crippen LogP contribution in [0.25, 0.3) is 0 Å². The standard InChI is InChI=1S/C21H24F2N2O4/c1-27-17-6-3-15(4-7-17)14-24-9-11-25(12-10-24)20(26)16-5-8-18(29-21(22)23)19(13-16)28-2/h3-8,13,21H,9-12,14H2,1-2H3. The zero-order valence-electron chi connectivity index (χ0n) is 16.4. The van der Waals surface area contributed by atoms with Gasteiger partial charge in [-0.1, -0.05) is 12.1 Å². The molecule has 0 radical (unpaired) electrons. The maximum absolute atomic E-state index is 12.8. The van der Waals surface area contributed by atoms with Crippen molar-refractivity contribution in [3.8, 4) is 17.2 Å². The number of hydrogen-bond donors (Lipinski definition) is 0. The number of ether oxygens (including phenoxy) is 3. The molecule has 0 bridgehead atoms. The quantitative estimate of drug-likeness (QED) is 0.707. The number of carbonyl (C=O) groups is 1. The van der Waals surface area contributed by atoms with E-state index in [1.807, 2.05) is 24.3 Å². The average molecular weight is 406 g/mol. The molecule has 0 aliphatic carbocycles. The number of piperazine rings is 1. The van der Waals surface area contributed by atoms with Gasteiger partial charge >= 0.3 is 6.61 Å². The van der Waals surface area contributed by atoms with E-state index in [4.69, 9.17) is 9.47 Å². The van der Waals surface area contributed by atoms with Gasteiger partial charge in [0.05, 0.1) is 14.2 Å². The molecule has 8 heteroatoms. The Bertz CT molecular complexity index is 822. The Balaban J connectivity index is 1.58. The monoisotopic (exact) mass is 406 g/mol. The average Bonchev–Trinajstić information content (AvgIpc) is 2.74. The summed E-state index contributed by atoms with van der Waals surface area (Å²) in [6.07, 6.45) is 0. The summed E-state index contributed by atoms with van der Waals surface area (Å²) in [5.74, 6) is 0.679. The van der Waals surface area contributed by atoms with E-state index in [-0.39, 0.29) is 17.4 Å². The lowest BCUT2D eigenvalue weighted by Crippen LogP contribution is -2.48. The SMILES string of the molecule is COc1ccc(CN2CCN(C(=O)c3ccc(OC(F)F)c(OC)c3)CC2)cc1. The molecule has 2 aromatic rings. The smallest absolute Gasteiger partial charge is 0.387 e. The predicted molar refractivity (Wildman–Crippen MR) is 104 cm³/mol. The molecule has 1 fully saturated rings. The number of alkyl halides is 2. The largest absolute Gasteiger partial charge is 0.497 e. The molecule has 156 valence electrons. The van der Waals surface area contributed by atoms with E-state index < -0.39 is 6.61 Å². The number of nitrogens with zero attached hydrogens (tertiary/aromatic N) is 2. The van der Waals surface area contributed by atoms with Crippen LogP contribution in [0, 0.1) is 0 Å². The third kappa shape index (κ3) is 5.35. The zero-order valence-corrected chi connectivity index (χ0v) is 16.4. The normalized spacial score (nSPS) is 14.7. The fourth-order valence-electron chi connectivity index (χ4n) is 3.27. The third-order valence-corrected chi connectivity index (χ3v) is 4.85. The summed E-state index contributed by atoms with van der Waals surface area (Å²) in [6, 6.07) is 12.2. The van der Waals surface area contributed by atoms with Gasteiger partial charge in [0, 0.05) is 38.3 Å². The maximum Gasteiger partial charge on any atom is 0.387 e. The van der Waals surface area contributed by atoms with E-state index in [1.165, 1.54) is 30.9 Å². The van der Waals surface area contributed by atoms with Crippen LogP contribution in [0.2, 0.25) is 0 Å². The third-order valence-electron chi connectivity index (χ3n) is 4.85. The lowest BCUT2D eigenvalue weighted by atomic mass is 10.1. The summed E-state index contributed by atoms with van der Waals surface area (Å²) in [6.45, 7) is 0.533. The summed E-state index contributed by atoms with van der Waals surface area (Å²) < 4.78 is 39.6. The fourth-order valence-corrected chi connectivity index (χ4v) is 3.27. The van der Waals surface area contributed by atoms with Crippen LogP contribution >= 0.6 is 0 Å². The Kier molecular flexibility index (Phi) is 6.87. The van der Waals surface area contributed by atoms with Gasteiger partial charge in [0.25, 0.3) is 5.91 Å². The summed E-state index contributed by atoms with van der Waals surface area (Å²) in [4.78, 5) is 16.8. The van der Waals surface area contributed by atoms with Crippen molar-refractivity contribution in [2.24, 2.45) is 0 Å². The number of halogens is 2. The van der Waals surface area contributed by atoms with Crippen molar-refractivity contribution in [2.75, 3.05) is 40.4 Å². The molecule has 6 nitrogen and oxygen atoms in total. The van der Waals surface area contributed by atoms with Gasteiger partial charge < -0.3 is 19.1 Å². The first-order chi connectivity index (χ1) is 14.0.